The first-order valence-electron chi connectivity index (χ1n) is 9.34. The van der Waals surface area contributed by atoms with Crippen LogP contribution in [-0.4, -0.2) is 20.8 Å². The van der Waals surface area contributed by atoms with Crippen LogP contribution in [0.4, 0.5) is 0 Å². The predicted molar refractivity (Wildman–Crippen MR) is 111 cm³/mol. The number of ether oxygens (including phenoxy) is 2. The molecule has 3 aromatic rings. The van der Waals surface area contributed by atoms with Crippen molar-refractivity contribution in [2.24, 2.45) is 0 Å². The molecule has 0 saturated heterocycles. The zero-order chi connectivity index (χ0) is 19.1. The molecule has 1 N–H and O–H groups in total. The van der Waals surface area contributed by atoms with Gasteiger partial charge in [0.05, 0.1) is 19.8 Å². The van der Waals surface area contributed by atoms with Crippen LogP contribution in [0.1, 0.15) is 30.0 Å². The number of rotatable bonds is 8. The van der Waals surface area contributed by atoms with Gasteiger partial charge in [-0.25, -0.2) is 0 Å². The van der Waals surface area contributed by atoms with E-state index in [2.05, 4.69) is 66.8 Å². The van der Waals surface area contributed by atoms with Gasteiger partial charge in [-0.15, -0.1) is 0 Å². The average Bonchev–Trinajstić information content (AvgIpc) is 2.76. The first kappa shape index (κ1) is 19.0. The highest BCUT2D eigenvalue weighted by Crippen LogP contribution is 2.38. The predicted octanol–water partition coefficient (Wildman–Crippen LogP) is 5.00. The van der Waals surface area contributed by atoms with Crippen LogP contribution >= 0.6 is 0 Å². The topological polar surface area (TPSA) is 30.5 Å². The van der Waals surface area contributed by atoms with Gasteiger partial charge in [0.25, 0.3) is 0 Å². The summed E-state index contributed by atoms with van der Waals surface area (Å²) in [4.78, 5) is 0. The first-order chi connectivity index (χ1) is 13.2. The number of hydrogen-bond donors (Lipinski definition) is 1. The largest absolute Gasteiger partial charge is 0.497 e. The summed E-state index contributed by atoms with van der Waals surface area (Å²) in [5.74, 6) is 1.71. The van der Waals surface area contributed by atoms with Crippen molar-refractivity contribution in [1.82, 2.24) is 5.32 Å². The van der Waals surface area contributed by atoms with Gasteiger partial charge >= 0.3 is 0 Å². The molecule has 3 heteroatoms. The summed E-state index contributed by atoms with van der Waals surface area (Å²) in [5, 5.41) is 3.83. The molecule has 0 amide bonds. The standard InChI is InChI=1S/C24H27NO2/c1-4-18-25-24(19-8-6-5-7-9-19,20-10-14-22(26-2)15-11-20)21-12-16-23(27-3)17-13-21/h5-17,25H,4,18H2,1-3H3. The third-order valence-electron chi connectivity index (χ3n) is 4.89. The highest BCUT2D eigenvalue weighted by atomic mass is 16.5. The molecule has 0 bridgehead atoms. The van der Waals surface area contributed by atoms with Gasteiger partial charge in [-0.05, 0) is 53.9 Å². The van der Waals surface area contributed by atoms with Crippen molar-refractivity contribution in [2.45, 2.75) is 18.9 Å². The van der Waals surface area contributed by atoms with Gasteiger partial charge in [-0.1, -0.05) is 61.5 Å². The van der Waals surface area contributed by atoms with Crippen LogP contribution in [0.3, 0.4) is 0 Å². The van der Waals surface area contributed by atoms with E-state index in [0.29, 0.717) is 0 Å². The fraction of sp³-hybridized carbons (Fsp3) is 0.250. The Morgan fingerprint density at radius 2 is 1.11 bits per heavy atom. The van der Waals surface area contributed by atoms with Crippen molar-refractivity contribution in [3.05, 3.63) is 95.6 Å². The monoisotopic (exact) mass is 361 g/mol. The maximum Gasteiger partial charge on any atom is 0.118 e. The van der Waals surface area contributed by atoms with Gasteiger partial charge < -0.3 is 14.8 Å². The maximum absolute atomic E-state index is 5.37. The summed E-state index contributed by atoms with van der Waals surface area (Å²) in [6.45, 7) is 3.08. The minimum absolute atomic E-state index is 0.449. The van der Waals surface area contributed by atoms with Gasteiger partial charge in [0, 0.05) is 0 Å². The molecular formula is C24H27NO2. The van der Waals surface area contributed by atoms with Crippen molar-refractivity contribution >= 4 is 0 Å². The van der Waals surface area contributed by atoms with Crippen LogP contribution in [0.25, 0.3) is 0 Å². The number of benzene rings is 3. The normalized spacial score (nSPS) is 11.2. The van der Waals surface area contributed by atoms with Gasteiger partial charge in [-0.2, -0.15) is 0 Å². The van der Waals surface area contributed by atoms with E-state index in [4.69, 9.17) is 9.47 Å². The molecule has 3 aromatic carbocycles. The van der Waals surface area contributed by atoms with E-state index in [1.54, 1.807) is 14.2 Å². The Morgan fingerprint density at radius 1 is 0.667 bits per heavy atom. The molecule has 0 aliphatic heterocycles. The van der Waals surface area contributed by atoms with Gasteiger partial charge in [0.2, 0.25) is 0 Å². The van der Waals surface area contributed by atoms with Crippen LogP contribution in [0.5, 0.6) is 11.5 Å². The summed E-state index contributed by atoms with van der Waals surface area (Å²) in [7, 11) is 3.39. The van der Waals surface area contributed by atoms with E-state index >= 15 is 0 Å². The SMILES string of the molecule is CCCNC(c1ccccc1)(c1ccc(OC)cc1)c1ccc(OC)cc1. The van der Waals surface area contributed by atoms with E-state index in [1.807, 2.05) is 24.3 Å². The van der Waals surface area contributed by atoms with Crippen LogP contribution in [0.2, 0.25) is 0 Å². The lowest BCUT2D eigenvalue weighted by atomic mass is 9.77. The van der Waals surface area contributed by atoms with E-state index in [-0.39, 0.29) is 0 Å². The summed E-state index contributed by atoms with van der Waals surface area (Å²) < 4.78 is 10.7. The molecule has 0 aliphatic carbocycles. The van der Waals surface area contributed by atoms with Crippen LogP contribution in [-0.2, 0) is 5.54 Å². The minimum Gasteiger partial charge on any atom is -0.497 e. The Morgan fingerprint density at radius 3 is 1.52 bits per heavy atom. The van der Waals surface area contributed by atoms with Gasteiger partial charge in [-0.3, -0.25) is 0 Å². The second kappa shape index (κ2) is 8.74. The fourth-order valence-electron chi connectivity index (χ4n) is 3.49. The second-order valence-corrected chi connectivity index (χ2v) is 6.50. The van der Waals surface area contributed by atoms with E-state index in [9.17, 15) is 0 Å². The molecule has 0 unspecified atom stereocenters. The van der Waals surface area contributed by atoms with Gasteiger partial charge in [0.15, 0.2) is 0 Å². The molecule has 0 radical (unpaired) electrons. The first-order valence-corrected chi connectivity index (χ1v) is 9.34. The van der Waals surface area contributed by atoms with Crippen molar-refractivity contribution in [3.63, 3.8) is 0 Å². The lowest BCUT2D eigenvalue weighted by molar-refractivity contribution is 0.412. The molecule has 3 nitrogen and oxygen atoms in total. The Bertz CT molecular complexity index is 779. The average molecular weight is 361 g/mol. The van der Waals surface area contributed by atoms with Crippen molar-refractivity contribution in [1.29, 1.82) is 0 Å². The number of hydrogen-bond acceptors (Lipinski definition) is 3. The molecule has 0 saturated carbocycles. The van der Waals surface area contributed by atoms with E-state index in [1.165, 1.54) is 16.7 Å². The molecular weight excluding hydrogens is 334 g/mol. The van der Waals surface area contributed by atoms with Gasteiger partial charge in [0.1, 0.15) is 11.5 Å². The molecule has 0 atom stereocenters. The van der Waals surface area contributed by atoms with Crippen molar-refractivity contribution < 1.29 is 9.47 Å². The Labute approximate surface area is 162 Å². The summed E-state index contributed by atoms with van der Waals surface area (Å²) >= 11 is 0. The zero-order valence-electron chi connectivity index (χ0n) is 16.2. The Kier molecular flexibility index (Phi) is 6.15. The molecule has 0 heterocycles. The van der Waals surface area contributed by atoms with Crippen LogP contribution < -0.4 is 14.8 Å². The lowest BCUT2D eigenvalue weighted by Gasteiger charge is -2.37. The highest BCUT2D eigenvalue weighted by Gasteiger charge is 2.35. The zero-order valence-corrected chi connectivity index (χ0v) is 16.2. The molecule has 3 rings (SSSR count). The third-order valence-corrected chi connectivity index (χ3v) is 4.89. The van der Waals surface area contributed by atoms with E-state index < -0.39 is 5.54 Å². The molecule has 140 valence electrons. The second-order valence-electron chi connectivity index (χ2n) is 6.50. The van der Waals surface area contributed by atoms with Crippen molar-refractivity contribution in [3.8, 4) is 11.5 Å². The quantitative estimate of drug-likeness (QED) is 0.573. The molecule has 0 aliphatic rings. The van der Waals surface area contributed by atoms with E-state index in [0.717, 1.165) is 24.5 Å². The molecule has 0 fully saturated rings. The number of methoxy groups -OCH3 is 2. The summed E-state index contributed by atoms with van der Waals surface area (Å²) in [6.07, 6.45) is 1.04. The lowest BCUT2D eigenvalue weighted by Crippen LogP contribution is -2.45. The number of nitrogens with one attached hydrogen (secondary N) is 1. The Hall–Kier alpha value is -2.78. The van der Waals surface area contributed by atoms with Crippen molar-refractivity contribution in [2.75, 3.05) is 20.8 Å². The maximum atomic E-state index is 5.37. The minimum atomic E-state index is -0.449. The van der Waals surface area contributed by atoms with Crippen LogP contribution in [0.15, 0.2) is 78.9 Å². The summed E-state index contributed by atoms with van der Waals surface area (Å²) in [6, 6.07) is 27.2. The molecule has 0 spiro atoms. The highest BCUT2D eigenvalue weighted by molar-refractivity contribution is 5.51. The molecule has 27 heavy (non-hydrogen) atoms. The molecule has 0 aromatic heterocycles. The van der Waals surface area contributed by atoms with Crippen LogP contribution in [0, 0.1) is 0 Å². The Balaban J connectivity index is 2.22. The summed E-state index contributed by atoms with van der Waals surface area (Å²) in [5.41, 5.74) is 3.10. The fourth-order valence-corrected chi connectivity index (χ4v) is 3.49. The third kappa shape index (κ3) is 3.83. The smallest absolute Gasteiger partial charge is 0.118 e.